The fourth-order valence-electron chi connectivity index (χ4n) is 3.12. The average molecular weight is 325 g/mol. The molecule has 1 heterocycles. The molecule has 0 N–H and O–H groups in total. The third-order valence-corrected chi connectivity index (χ3v) is 6.57. The Morgan fingerprint density at radius 3 is 2.45 bits per heavy atom. The highest BCUT2D eigenvalue weighted by atomic mass is 32.2. The summed E-state index contributed by atoms with van der Waals surface area (Å²) in [6.45, 7) is 6.33. The molecule has 0 spiro atoms. The maximum absolute atomic E-state index is 12.4. The SMILES string of the molecule is CCN(C1CCN(C(C)c2ccccc2)C1)S(=O)(=O)N(C)C. The van der Waals surface area contributed by atoms with Crippen molar-refractivity contribution in [3.8, 4) is 0 Å². The van der Waals surface area contributed by atoms with E-state index in [1.807, 2.05) is 25.1 Å². The van der Waals surface area contributed by atoms with Gasteiger partial charge in [-0.3, -0.25) is 4.90 Å². The van der Waals surface area contributed by atoms with Crippen LogP contribution in [0.1, 0.15) is 31.9 Å². The molecular weight excluding hydrogens is 298 g/mol. The normalized spacial score (nSPS) is 21.6. The Balaban J connectivity index is 2.09. The van der Waals surface area contributed by atoms with Crippen LogP contribution in [0.3, 0.4) is 0 Å². The summed E-state index contributed by atoms with van der Waals surface area (Å²) in [5.41, 5.74) is 1.28. The average Bonchev–Trinajstić information content (AvgIpc) is 2.97. The maximum atomic E-state index is 12.4. The Bertz CT molecular complexity index is 574. The van der Waals surface area contributed by atoms with E-state index in [4.69, 9.17) is 0 Å². The highest BCUT2D eigenvalue weighted by Crippen LogP contribution is 2.27. The van der Waals surface area contributed by atoms with E-state index in [9.17, 15) is 8.42 Å². The Morgan fingerprint density at radius 1 is 1.27 bits per heavy atom. The van der Waals surface area contributed by atoms with Crippen molar-refractivity contribution in [2.24, 2.45) is 0 Å². The van der Waals surface area contributed by atoms with Gasteiger partial charge in [-0.05, 0) is 18.9 Å². The molecule has 2 unspecified atom stereocenters. The van der Waals surface area contributed by atoms with Gasteiger partial charge < -0.3 is 0 Å². The van der Waals surface area contributed by atoms with Crippen LogP contribution in [0.4, 0.5) is 0 Å². The number of hydrogen-bond acceptors (Lipinski definition) is 3. The van der Waals surface area contributed by atoms with Gasteiger partial charge in [0, 0.05) is 45.8 Å². The Morgan fingerprint density at radius 2 is 1.91 bits per heavy atom. The van der Waals surface area contributed by atoms with Crippen LogP contribution in [0.25, 0.3) is 0 Å². The minimum Gasteiger partial charge on any atom is -0.295 e. The second-order valence-electron chi connectivity index (χ2n) is 6.02. The highest BCUT2D eigenvalue weighted by Gasteiger charge is 2.36. The molecule has 6 heteroatoms. The maximum Gasteiger partial charge on any atom is 0.281 e. The summed E-state index contributed by atoms with van der Waals surface area (Å²) >= 11 is 0. The second-order valence-corrected chi connectivity index (χ2v) is 8.11. The van der Waals surface area contributed by atoms with Gasteiger partial charge >= 0.3 is 0 Å². The number of benzene rings is 1. The van der Waals surface area contributed by atoms with E-state index >= 15 is 0 Å². The monoisotopic (exact) mass is 325 g/mol. The summed E-state index contributed by atoms with van der Waals surface area (Å²) in [6.07, 6.45) is 0.887. The van der Waals surface area contributed by atoms with Gasteiger partial charge in [-0.1, -0.05) is 37.3 Å². The summed E-state index contributed by atoms with van der Waals surface area (Å²) in [5, 5.41) is 0. The molecule has 5 nitrogen and oxygen atoms in total. The summed E-state index contributed by atoms with van der Waals surface area (Å²) < 4.78 is 27.8. The Labute approximate surface area is 134 Å². The summed E-state index contributed by atoms with van der Waals surface area (Å²) in [7, 11) is -0.157. The minimum atomic E-state index is -3.35. The molecule has 0 bridgehead atoms. The fourth-order valence-corrected chi connectivity index (χ4v) is 4.41. The van der Waals surface area contributed by atoms with Crippen LogP contribution >= 0.6 is 0 Å². The summed E-state index contributed by atoms with van der Waals surface area (Å²) in [5.74, 6) is 0. The van der Waals surface area contributed by atoms with E-state index in [2.05, 4.69) is 24.0 Å². The number of nitrogens with zero attached hydrogens (tertiary/aromatic N) is 3. The summed E-state index contributed by atoms with van der Waals surface area (Å²) in [4.78, 5) is 2.37. The molecule has 22 heavy (non-hydrogen) atoms. The standard InChI is InChI=1S/C16H27N3O2S/c1-5-19(22(20,21)17(3)4)16-11-12-18(13-16)14(2)15-9-7-6-8-10-15/h6-10,14,16H,5,11-13H2,1-4H3. The highest BCUT2D eigenvalue weighted by molar-refractivity contribution is 7.86. The molecule has 0 aliphatic carbocycles. The van der Waals surface area contributed by atoms with E-state index in [0.717, 1.165) is 19.5 Å². The Hall–Kier alpha value is -0.950. The molecule has 2 rings (SSSR count). The van der Waals surface area contributed by atoms with Gasteiger partial charge in [0.15, 0.2) is 0 Å². The van der Waals surface area contributed by atoms with Crippen LogP contribution in [0.5, 0.6) is 0 Å². The molecule has 0 amide bonds. The largest absolute Gasteiger partial charge is 0.295 e. The predicted octanol–water partition coefficient (Wildman–Crippen LogP) is 1.95. The molecule has 0 radical (unpaired) electrons. The van der Waals surface area contributed by atoms with Crippen molar-refractivity contribution in [1.29, 1.82) is 0 Å². The lowest BCUT2D eigenvalue weighted by atomic mass is 10.1. The topological polar surface area (TPSA) is 43.9 Å². The number of rotatable bonds is 6. The molecule has 1 aromatic carbocycles. The van der Waals surface area contributed by atoms with Crippen LogP contribution in [0.15, 0.2) is 30.3 Å². The molecule has 1 saturated heterocycles. The lowest BCUT2D eigenvalue weighted by Crippen LogP contribution is -2.47. The van der Waals surface area contributed by atoms with E-state index in [1.54, 1.807) is 18.4 Å². The van der Waals surface area contributed by atoms with Gasteiger partial charge in [0.25, 0.3) is 10.2 Å². The van der Waals surface area contributed by atoms with Gasteiger partial charge in [-0.25, -0.2) is 0 Å². The predicted molar refractivity (Wildman–Crippen MR) is 89.8 cm³/mol. The molecule has 0 saturated carbocycles. The molecule has 1 fully saturated rings. The van der Waals surface area contributed by atoms with Gasteiger partial charge in [0.2, 0.25) is 0 Å². The third kappa shape index (κ3) is 3.51. The first-order valence-corrected chi connectivity index (χ1v) is 9.26. The first-order valence-electron chi connectivity index (χ1n) is 7.86. The van der Waals surface area contributed by atoms with E-state index in [-0.39, 0.29) is 6.04 Å². The first-order chi connectivity index (χ1) is 10.4. The lowest BCUT2D eigenvalue weighted by molar-refractivity contribution is 0.236. The number of likely N-dealkylation sites (N-methyl/N-ethyl adjacent to an activating group) is 1. The zero-order valence-corrected chi connectivity index (χ0v) is 14.8. The van der Waals surface area contributed by atoms with Crippen molar-refractivity contribution in [1.82, 2.24) is 13.5 Å². The zero-order chi connectivity index (χ0) is 16.3. The zero-order valence-electron chi connectivity index (χ0n) is 13.9. The fraction of sp³-hybridized carbons (Fsp3) is 0.625. The minimum absolute atomic E-state index is 0.0589. The van der Waals surface area contributed by atoms with Crippen LogP contribution in [0, 0.1) is 0 Å². The smallest absolute Gasteiger partial charge is 0.281 e. The van der Waals surface area contributed by atoms with Crippen LogP contribution in [-0.2, 0) is 10.2 Å². The van der Waals surface area contributed by atoms with Gasteiger partial charge in [0.05, 0.1) is 0 Å². The van der Waals surface area contributed by atoms with E-state index in [0.29, 0.717) is 12.6 Å². The third-order valence-electron chi connectivity index (χ3n) is 4.50. The van der Waals surface area contributed by atoms with Gasteiger partial charge in [-0.2, -0.15) is 17.0 Å². The Kier molecular flexibility index (Phi) is 5.60. The first kappa shape index (κ1) is 17.4. The molecule has 1 aliphatic heterocycles. The molecule has 1 aliphatic rings. The molecular formula is C16H27N3O2S. The van der Waals surface area contributed by atoms with Gasteiger partial charge in [0.1, 0.15) is 0 Å². The summed E-state index contributed by atoms with van der Waals surface area (Å²) in [6, 6.07) is 10.8. The van der Waals surface area contributed by atoms with Crippen molar-refractivity contribution in [3.05, 3.63) is 35.9 Å². The van der Waals surface area contributed by atoms with Crippen molar-refractivity contribution < 1.29 is 8.42 Å². The van der Waals surface area contributed by atoms with Crippen molar-refractivity contribution in [2.75, 3.05) is 33.7 Å². The number of likely N-dealkylation sites (tertiary alicyclic amines) is 1. The number of hydrogen-bond donors (Lipinski definition) is 0. The second kappa shape index (κ2) is 7.08. The lowest BCUT2D eigenvalue weighted by Gasteiger charge is -2.30. The quantitative estimate of drug-likeness (QED) is 0.803. The molecule has 1 aromatic rings. The van der Waals surface area contributed by atoms with E-state index in [1.165, 1.54) is 9.87 Å². The molecule has 124 valence electrons. The van der Waals surface area contributed by atoms with Crippen molar-refractivity contribution in [3.63, 3.8) is 0 Å². The van der Waals surface area contributed by atoms with Crippen LogP contribution in [0.2, 0.25) is 0 Å². The van der Waals surface area contributed by atoms with Gasteiger partial charge in [-0.15, -0.1) is 0 Å². The molecule has 0 aromatic heterocycles. The van der Waals surface area contributed by atoms with Crippen LogP contribution in [-0.4, -0.2) is 61.7 Å². The van der Waals surface area contributed by atoms with Crippen molar-refractivity contribution in [2.45, 2.75) is 32.4 Å². The van der Waals surface area contributed by atoms with Crippen molar-refractivity contribution >= 4 is 10.2 Å². The molecule has 2 atom stereocenters. The van der Waals surface area contributed by atoms with Crippen LogP contribution < -0.4 is 0 Å². The van der Waals surface area contributed by atoms with E-state index < -0.39 is 10.2 Å².